The number of rotatable bonds is 3. The maximum Gasteiger partial charge on any atom is 0.308 e. The van der Waals surface area contributed by atoms with E-state index in [2.05, 4.69) is 24.5 Å². The fraction of sp³-hybridized carbons (Fsp3) is 0.182. The molecular formula is C11H11OS3+. The Labute approximate surface area is 101 Å². The molecule has 0 aliphatic carbocycles. The lowest BCUT2D eigenvalue weighted by Crippen LogP contribution is -1.81. The van der Waals surface area contributed by atoms with E-state index in [1.807, 2.05) is 32.8 Å². The van der Waals surface area contributed by atoms with Crippen molar-refractivity contribution in [1.29, 1.82) is 0 Å². The number of ether oxygens (including phenoxy) is 1. The van der Waals surface area contributed by atoms with Crippen LogP contribution in [0.2, 0.25) is 0 Å². The molecule has 0 N–H and O–H groups in total. The van der Waals surface area contributed by atoms with Crippen LogP contribution in [-0.2, 0) is 0 Å². The monoisotopic (exact) mass is 255 g/mol. The van der Waals surface area contributed by atoms with Crippen LogP contribution in [0.5, 0.6) is 5.75 Å². The highest BCUT2D eigenvalue weighted by Crippen LogP contribution is 2.36. The Bertz CT molecular complexity index is 433. The van der Waals surface area contributed by atoms with E-state index in [4.69, 9.17) is 4.74 Å². The molecule has 0 fully saturated rings. The summed E-state index contributed by atoms with van der Waals surface area (Å²) in [5.74, 6) is 0.907. The zero-order chi connectivity index (χ0) is 10.7. The van der Waals surface area contributed by atoms with Gasteiger partial charge in [-0.15, -0.1) is 0 Å². The van der Waals surface area contributed by atoms with E-state index in [0.29, 0.717) is 0 Å². The Morgan fingerprint density at radius 1 is 1.27 bits per heavy atom. The molecule has 2 aromatic rings. The van der Waals surface area contributed by atoms with Crippen LogP contribution in [-0.4, -0.2) is 13.4 Å². The Morgan fingerprint density at radius 3 is 2.53 bits per heavy atom. The van der Waals surface area contributed by atoms with Crippen LogP contribution in [0.15, 0.2) is 34.5 Å². The van der Waals surface area contributed by atoms with Crippen molar-refractivity contribution in [3.63, 3.8) is 0 Å². The second-order valence-electron chi connectivity index (χ2n) is 2.93. The second-order valence-corrected chi connectivity index (χ2v) is 6.25. The highest BCUT2D eigenvalue weighted by Gasteiger charge is 2.13. The molecule has 1 nitrogen and oxygen atoms in total. The molecule has 0 atom stereocenters. The molecule has 0 radical (unpaired) electrons. The molecule has 78 valence electrons. The van der Waals surface area contributed by atoms with E-state index in [9.17, 15) is 0 Å². The minimum atomic E-state index is 0.907. The second kappa shape index (κ2) is 4.96. The van der Waals surface area contributed by atoms with Crippen LogP contribution in [0.4, 0.5) is 0 Å². The summed E-state index contributed by atoms with van der Waals surface area (Å²) in [7, 11) is 5.34. The first-order valence-corrected chi connectivity index (χ1v) is 7.82. The molecule has 0 saturated carbocycles. The van der Waals surface area contributed by atoms with Crippen molar-refractivity contribution in [1.82, 2.24) is 0 Å². The summed E-state index contributed by atoms with van der Waals surface area (Å²) in [5, 5.41) is 0. The molecule has 1 aromatic carbocycles. The number of hydrogen-bond donors (Lipinski definition) is 0. The zero-order valence-corrected chi connectivity index (χ0v) is 11.0. The molecular weight excluding hydrogens is 244 g/mol. The molecule has 0 amide bonds. The summed E-state index contributed by atoms with van der Waals surface area (Å²) in [6.07, 6.45) is 2.11. The van der Waals surface area contributed by atoms with E-state index >= 15 is 0 Å². The molecule has 4 heteroatoms. The smallest absolute Gasteiger partial charge is 0.308 e. The van der Waals surface area contributed by atoms with Gasteiger partial charge in [0.2, 0.25) is 0 Å². The van der Waals surface area contributed by atoms with Crippen LogP contribution >= 0.6 is 32.4 Å². The summed E-state index contributed by atoms with van der Waals surface area (Å²) >= 11 is 1.80. The van der Waals surface area contributed by atoms with Crippen molar-refractivity contribution in [3.05, 3.63) is 30.3 Å². The molecule has 0 spiro atoms. The third-order valence-electron chi connectivity index (χ3n) is 2.04. The molecule has 0 aliphatic rings. The van der Waals surface area contributed by atoms with E-state index in [-0.39, 0.29) is 0 Å². The fourth-order valence-electron chi connectivity index (χ4n) is 1.22. The Hall–Kier alpha value is -0.580. The predicted molar refractivity (Wildman–Crippen MR) is 70.4 cm³/mol. The van der Waals surface area contributed by atoms with E-state index in [1.54, 1.807) is 18.9 Å². The largest absolute Gasteiger partial charge is 0.497 e. The minimum absolute atomic E-state index is 0.907. The highest BCUT2D eigenvalue weighted by molar-refractivity contribution is 8.02. The summed E-state index contributed by atoms with van der Waals surface area (Å²) in [5.41, 5.74) is 1.26. The fourth-order valence-corrected chi connectivity index (χ4v) is 4.63. The summed E-state index contributed by atoms with van der Waals surface area (Å²) in [6, 6.07) is 10.4. The summed E-state index contributed by atoms with van der Waals surface area (Å²) in [4.78, 5) is 1.33. The van der Waals surface area contributed by atoms with Gasteiger partial charge in [0, 0.05) is 6.07 Å². The maximum atomic E-state index is 5.13. The first-order valence-electron chi connectivity index (χ1n) is 4.45. The van der Waals surface area contributed by atoms with E-state index in [0.717, 1.165) is 5.75 Å². The zero-order valence-electron chi connectivity index (χ0n) is 8.52. The van der Waals surface area contributed by atoms with Gasteiger partial charge < -0.3 is 4.74 Å². The normalized spacial score (nSPS) is 10.3. The maximum absolute atomic E-state index is 5.13. The first kappa shape index (κ1) is 10.9. The van der Waals surface area contributed by atoms with Crippen LogP contribution in [0.3, 0.4) is 0 Å². The standard InChI is InChI=1S/C11H11OS3/c1-12-9-5-3-8(4-6-9)10-7-11(13-2)15-14-10/h3-7H,1-2H3/q+1. The summed E-state index contributed by atoms with van der Waals surface area (Å²) < 4.78 is 6.50. The van der Waals surface area contributed by atoms with Crippen molar-refractivity contribution in [2.75, 3.05) is 13.4 Å². The number of methoxy groups -OCH3 is 1. The highest BCUT2D eigenvalue weighted by atomic mass is 32.9. The molecule has 0 aliphatic heterocycles. The molecule has 0 unspecified atom stereocenters. The Morgan fingerprint density at radius 2 is 2.00 bits per heavy atom. The van der Waals surface area contributed by atoms with Gasteiger partial charge in [0.15, 0.2) is 10.3 Å². The lowest BCUT2D eigenvalue weighted by Gasteiger charge is -1.99. The molecule has 1 heterocycles. The third-order valence-corrected chi connectivity index (χ3v) is 5.85. The lowest BCUT2D eigenvalue weighted by atomic mass is 10.2. The lowest BCUT2D eigenvalue weighted by molar-refractivity contribution is 0.415. The predicted octanol–water partition coefficient (Wildman–Crippen LogP) is 4.49. The van der Waals surface area contributed by atoms with Crippen LogP contribution in [0, 0.1) is 0 Å². The molecule has 0 bridgehead atoms. The van der Waals surface area contributed by atoms with Gasteiger partial charge in [-0.25, -0.2) is 0 Å². The third kappa shape index (κ3) is 2.51. The molecule has 1 aromatic heterocycles. The molecule has 15 heavy (non-hydrogen) atoms. The number of hydrogen-bond acceptors (Lipinski definition) is 3. The van der Waals surface area contributed by atoms with Crippen LogP contribution in [0.25, 0.3) is 10.4 Å². The van der Waals surface area contributed by atoms with Gasteiger partial charge in [0.05, 0.1) is 12.0 Å². The van der Waals surface area contributed by atoms with Crippen LogP contribution in [0.1, 0.15) is 0 Å². The average Bonchev–Trinajstić information content (AvgIpc) is 2.78. The number of thioether (sulfide) groups is 1. The topological polar surface area (TPSA) is 9.23 Å². The number of benzene rings is 1. The van der Waals surface area contributed by atoms with Crippen molar-refractivity contribution in [2.24, 2.45) is 0 Å². The average molecular weight is 255 g/mol. The van der Waals surface area contributed by atoms with Crippen molar-refractivity contribution in [2.45, 2.75) is 4.21 Å². The van der Waals surface area contributed by atoms with E-state index in [1.165, 1.54) is 14.6 Å². The van der Waals surface area contributed by atoms with Gasteiger partial charge in [-0.05, 0) is 36.1 Å². The Kier molecular flexibility index (Phi) is 3.61. The van der Waals surface area contributed by atoms with Crippen molar-refractivity contribution < 1.29 is 4.74 Å². The van der Waals surface area contributed by atoms with Crippen molar-refractivity contribution >= 4 is 32.4 Å². The van der Waals surface area contributed by atoms with Gasteiger partial charge in [-0.1, -0.05) is 11.8 Å². The van der Waals surface area contributed by atoms with Crippen LogP contribution < -0.4 is 4.74 Å². The van der Waals surface area contributed by atoms with Gasteiger partial charge in [0.25, 0.3) is 4.21 Å². The van der Waals surface area contributed by atoms with Gasteiger partial charge in [-0.3, -0.25) is 0 Å². The van der Waals surface area contributed by atoms with Gasteiger partial charge in [-0.2, -0.15) is 0 Å². The van der Waals surface area contributed by atoms with E-state index < -0.39 is 0 Å². The van der Waals surface area contributed by atoms with Gasteiger partial charge >= 0.3 is 10.3 Å². The SMILES string of the molecule is COc1ccc(-c2cc(SC)[s+]s2)cc1. The quantitative estimate of drug-likeness (QED) is 0.454. The summed E-state index contributed by atoms with van der Waals surface area (Å²) in [6.45, 7) is 0. The first-order chi connectivity index (χ1) is 7.33. The van der Waals surface area contributed by atoms with Gasteiger partial charge in [0.1, 0.15) is 5.75 Å². The molecule has 0 saturated heterocycles. The van der Waals surface area contributed by atoms with Crippen molar-refractivity contribution in [3.8, 4) is 16.2 Å². The Balaban J connectivity index is 2.28. The minimum Gasteiger partial charge on any atom is -0.497 e. The molecule has 2 rings (SSSR count).